The highest BCUT2D eigenvalue weighted by Crippen LogP contribution is 2.20. The van der Waals surface area contributed by atoms with E-state index in [2.05, 4.69) is 18.9 Å². The predicted octanol–water partition coefficient (Wildman–Crippen LogP) is 2.46. The number of hydrogen-bond donors (Lipinski definition) is 1. The molecule has 1 heterocycles. The van der Waals surface area contributed by atoms with Crippen molar-refractivity contribution in [1.82, 2.24) is 14.7 Å². The van der Waals surface area contributed by atoms with Crippen LogP contribution in [0.5, 0.6) is 0 Å². The molecule has 1 amide bonds. The number of rotatable bonds is 7. The minimum absolute atomic E-state index is 0.00778. The molecule has 0 aliphatic rings. The molecule has 114 valence electrons. The number of carbonyl (C=O) groups is 1. The van der Waals surface area contributed by atoms with Crippen LogP contribution in [-0.2, 0) is 13.5 Å². The van der Waals surface area contributed by atoms with Crippen LogP contribution in [0, 0.1) is 5.92 Å². The zero-order valence-electron chi connectivity index (χ0n) is 13.4. The Morgan fingerprint density at radius 3 is 2.30 bits per heavy atom. The molecule has 0 unspecified atom stereocenters. The maximum atomic E-state index is 12.7. The first-order valence-corrected chi connectivity index (χ1v) is 7.60. The molecule has 0 bridgehead atoms. The minimum Gasteiger partial charge on any atom is -0.395 e. The molecule has 5 heteroatoms. The molecule has 0 aromatic carbocycles. The van der Waals surface area contributed by atoms with E-state index >= 15 is 0 Å². The van der Waals surface area contributed by atoms with Crippen LogP contribution >= 0.6 is 0 Å². The van der Waals surface area contributed by atoms with Crippen LogP contribution in [-0.4, -0.2) is 33.7 Å². The quantitative estimate of drug-likeness (QED) is 0.834. The van der Waals surface area contributed by atoms with Gasteiger partial charge >= 0.3 is 0 Å². The summed E-state index contributed by atoms with van der Waals surface area (Å²) in [6.45, 7) is 9.82. The Bertz CT molecular complexity index is 449. The zero-order chi connectivity index (χ0) is 15.3. The minimum atomic E-state index is -0.00778. The summed E-state index contributed by atoms with van der Waals surface area (Å²) in [4.78, 5) is 14.6. The number of nitrogens with zero attached hydrogens (tertiary/aromatic N) is 3. The third kappa shape index (κ3) is 3.32. The Balaban J connectivity index is 2.99. The van der Waals surface area contributed by atoms with Crippen LogP contribution in [0.3, 0.4) is 0 Å². The Kier molecular flexibility index (Phi) is 6.05. The highest BCUT2D eigenvalue weighted by molar-refractivity contribution is 5.98. The van der Waals surface area contributed by atoms with E-state index in [4.69, 9.17) is 5.73 Å². The number of anilines is 1. The van der Waals surface area contributed by atoms with Gasteiger partial charge in [0.1, 0.15) is 5.69 Å². The Morgan fingerprint density at radius 2 is 1.90 bits per heavy atom. The van der Waals surface area contributed by atoms with Gasteiger partial charge in [0, 0.05) is 20.1 Å². The van der Waals surface area contributed by atoms with Crippen LogP contribution in [0.15, 0.2) is 0 Å². The Hall–Kier alpha value is -1.52. The average Bonchev–Trinajstić information content (AvgIpc) is 2.74. The molecule has 0 saturated carbocycles. The summed E-state index contributed by atoms with van der Waals surface area (Å²) in [7, 11) is 1.79. The van der Waals surface area contributed by atoms with Crippen molar-refractivity contribution in [1.29, 1.82) is 0 Å². The topological polar surface area (TPSA) is 64.2 Å². The first-order valence-electron chi connectivity index (χ1n) is 7.60. The van der Waals surface area contributed by atoms with E-state index in [1.54, 1.807) is 11.7 Å². The number of hydrogen-bond acceptors (Lipinski definition) is 3. The summed E-state index contributed by atoms with van der Waals surface area (Å²) in [5.74, 6) is 0.533. The fourth-order valence-corrected chi connectivity index (χ4v) is 2.47. The lowest BCUT2D eigenvalue weighted by Crippen LogP contribution is -2.36. The lowest BCUT2D eigenvalue weighted by Gasteiger charge is -2.25. The predicted molar refractivity (Wildman–Crippen MR) is 82.6 cm³/mol. The maximum Gasteiger partial charge on any atom is 0.274 e. The average molecular weight is 280 g/mol. The molecule has 0 spiro atoms. The van der Waals surface area contributed by atoms with Crippen molar-refractivity contribution in [2.45, 2.75) is 47.0 Å². The normalized spacial score (nSPS) is 11.1. The summed E-state index contributed by atoms with van der Waals surface area (Å²) >= 11 is 0. The molecule has 0 saturated heterocycles. The van der Waals surface area contributed by atoms with Crippen molar-refractivity contribution in [3.63, 3.8) is 0 Å². The highest BCUT2D eigenvalue weighted by Gasteiger charge is 2.24. The highest BCUT2D eigenvalue weighted by atomic mass is 16.2. The van der Waals surface area contributed by atoms with Crippen molar-refractivity contribution in [3.05, 3.63) is 11.4 Å². The molecule has 0 aliphatic heterocycles. The van der Waals surface area contributed by atoms with Gasteiger partial charge in [-0.2, -0.15) is 5.10 Å². The van der Waals surface area contributed by atoms with Crippen LogP contribution in [0.1, 0.15) is 56.7 Å². The van der Waals surface area contributed by atoms with Crippen LogP contribution in [0.25, 0.3) is 0 Å². The standard InChI is InChI=1S/C15H28N4O/c1-6-11(7-2)10-19(9-4)15(20)14-13(16)12(8-3)17-18(14)5/h11H,6-10,16H2,1-5H3. The first kappa shape index (κ1) is 16.5. The number of aromatic nitrogens is 2. The molecule has 5 nitrogen and oxygen atoms in total. The second-order valence-corrected chi connectivity index (χ2v) is 5.21. The number of aryl methyl sites for hydroxylation is 2. The second-order valence-electron chi connectivity index (χ2n) is 5.21. The molecule has 0 aliphatic carbocycles. The lowest BCUT2D eigenvalue weighted by atomic mass is 10.0. The summed E-state index contributed by atoms with van der Waals surface area (Å²) in [5, 5.41) is 4.33. The maximum absolute atomic E-state index is 12.7. The van der Waals surface area contributed by atoms with Crippen LogP contribution < -0.4 is 5.73 Å². The molecular formula is C15H28N4O. The molecule has 0 fully saturated rings. The van der Waals surface area contributed by atoms with Gasteiger partial charge in [-0.1, -0.05) is 33.6 Å². The molecular weight excluding hydrogens is 252 g/mol. The van der Waals surface area contributed by atoms with Crippen LogP contribution in [0.4, 0.5) is 5.69 Å². The lowest BCUT2D eigenvalue weighted by molar-refractivity contribution is 0.0725. The van der Waals surface area contributed by atoms with E-state index in [-0.39, 0.29) is 5.91 Å². The van der Waals surface area contributed by atoms with Gasteiger partial charge < -0.3 is 10.6 Å². The summed E-state index contributed by atoms with van der Waals surface area (Å²) in [5.41, 5.74) is 7.93. The van der Waals surface area contributed by atoms with Crippen molar-refractivity contribution in [2.24, 2.45) is 13.0 Å². The van der Waals surface area contributed by atoms with E-state index in [0.29, 0.717) is 23.8 Å². The molecule has 20 heavy (non-hydrogen) atoms. The van der Waals surface area contributed by atoms with Gasteiger partial charge in [0.2, 0.25) is 0 Å². The monoisotopic (exact) mass is 280 g/mol. The van der Waals surface area contributed by atoms with Gasteiger partial charge in [-0.15, -0.1) is 0 Å². The molecule has 0 atom stereocenters. The second kappa shape index (κ2) is 7.31. The number of carbonyl (C=O) groups excluding carboxylic acids is 1. The smallest absolute Gasteiger partial charge is 0.274 e. The largest absolute Gasteiger partial charge is 0.395 e. The van der Waals surface area contributed by atoms with Gasteiger partial charge in [0.15, 0.2) is 0 Å². The summed E-state index contributed by atoms with van der Waals surface area (Å²) in [6, 6.07) is 0. The van der Waals surface area contributed by atoms with Gasteiger partial charge in [-0.05, 0) is 19.3 Å². The summed E-state index contributed by atoms with van der Waals surface area (Å²) < 4.78 is 1.62. The molecule has 0 radical (unpaired) electrons. The fourth-order valence-electron chi connectivity index (χ4n) is 2.47. The van der Waals surface area contributed by atoms with E-state index < -0.39 is 0 Å². The third-order valence-corrected chi connectivity index (χ3v) is 4.00. The summed E-state index contributed by atoms with van der Waals surface area (Å²) in [6.07, 6.45) is 2.91. The van der Waals surface area contributed by atoms with Gasteiger partial charge in [-0.3, -0.25) is 9.48 Å². The van der Waals surface area contributed by atoms with Gasteiger partial charge in [0.05, 0.1) is 11.4 Å². The third-order valence-electron chi connectivity index (χ3n) is 4.00. The van der Waals surface area contributed by atoms with E-state index in [0.717, 1.165) is 31.5 Å². The van der Waals surface area contributed by atoms with Crippen molar-refractivity contribution in [2.75, 3.05) is 18.8 Å². The van der Waals surface area contributed by atoms with Crippen LogP contribution in [0.2, 0.25) is 0 Å². The van der Waals surface area contributed by atoms with E-state index in [1.165, 1.54) is 0 Å². The molecule has 2 N–H and O–H groups in total. The van der Waals surface area contributed by atoms with E-state index in [9.17, 15) is 4.79 Å². The van der Waals surface area contributed by atoms with Gasteiger partial charge in [-0.25, -0.2) is 0 Å². The van der Waals surface area contributed by atoms with Gasteiger partial charge in [0.25, 0.3) is 5.91 Å². The molecule has 1 rings (SSSR count). The fraction of sp³-hybridized carbons (Fsp3) is 0.733. The SMILES string of the molecule is CCc1nn(C)c(C(=O)N(CC)CC(CC)CC)c1N. The Morgan fingerprint density at radius 1 is 1.30 bits per heavy atom. The zero-order valence-corrected chi connectivity index (χ0v) is 13.4. The number of nitrogens with two attached hydrogens (primary N) is 1. The number of nitrogen functional groups attached to an aromatic ring is 1. The van der Waals surface area contributed by atoms with Crippen molar-refractivity contribution < 1.29 is 4.79 Å². The van der Waals surface area contributed by atoms with Crippen molar-refractivity contribution in [3.8, 4) is 0 Å². The molecule has 1 aromatic heterocycles. The molecule has 1 aromatic rings. The van der Waals surface area contributed by atoms with E-state index in [1.807, 2.05) is 18.7 Å². The first-order chi connectivity index (χ1) is 9.49. The Labute approximate surface area is 122 Å². The van der Waals surface area contributed by atoms with Crippen molar-refractivity contribution >= 4 is 11.6 Å². The number of amides is 1.